The molecule has 2 aliphatic heterocycles. The molecule has 3 unspecified atom stereocenters. The summed E-state index contributed by atoms with van der Waals surface area (Å²) in [6.45, 7) is 6.96. The minimum atomic E-state index is -0.000844. The Bertz CT molecular complexity index is 547. The van der Waals surface area contributed by atoms with Gasteiger partial charge in [-0.25, -0.2) is 0 Å². The number of hydrogen-bond acceptors (Lipinski definition) is 4. The van der Waals surface area contributed by atoms with Gasteiger partial charge in [-0.2, -0.15) is 0 Å². The minimum absolute atomic E-state index is 0. The first-order valence-electron chi connectivity index (χ1n) is 9.03. The lowest BCUT2D eigenvalue weighted by Gasteiger charge is -2.34. The quantitative estimate of drug-likeness (QED) is 0.819. The van der Waals surface area contributed by atoms with Crippen molar-refractivity contribution < 1.29 is 9.53 Å². The number of ether oxygens (including phenoxy) is 1. The number of amides is 1. The van der Waals surface area contributed by atoms with Crippen molar-refractivity contribution in [2.75, 3.05) is 32.8 Å². The Hall–Kier alpha value is -0.850. The average Bonchev–Trinajstić information content (AvgIpc) is 2.97. The van der Waals surface area contributed by atoms with Crippen LogP contribution in [0, 0.1) is 5.92 Å². The van der Waals surface area contributed by atoms with Crippen LogP contribution in [0.4, 0.5) is 0 Å². The molecule has 0 aromatic heterocycles. The van der Waals surface area contributed by atoms with Crippen molar-refractivity contribution in [1.29, 1.82) is 0 Å². The summed E-state index contributed by atoms with van der Waals surface area (Å²) < 4.78 is 5.85. The van der Waals surface area contributed by atoms with Crippen molar-refractivity contribution in [1.82, 2.24) is 9.80 Å². The zero-order valence-corrected chi connectivity index (χ0v) is 17.0. The fraction of sp³-hybridized carbons (Fsp3) is 0.632. The largest absolute Gasteiger partial charge is 0.375 e. The van der Waals surface area contributed by atoms with Gasteiger partial charge >= 0.3 is 0 Å². The van der Waals surface area contributed by atoms with Gasteiger partial charge in [0.2, 0.25) is 5.91 Å². The van der Waals surface area contributed by atoms with Crippen LogP contribution in [-0.4, -0.2) is 60.6 Å². The summed E-state index contributed by atoms with van der Waals surface area (Å²) in [6.07, 6.45) is 1.50. The maximum atomic E-state index is 12.6. The Morgan fingerprint density at radius 3 is 2.62 bits per heavy atom. The first-order chi connectivity index (χ1) is 11.7. The van der Waals surface area contributed by atoms with Crippen LogP contribution in [0.2, 0.25) is 0 Å². The van der Waals surface area contributed by atoms with Crippen molar-refractivity contribution >= 4 is 30.7 Å². The number of benzene rings is 1. The van der Waals surface area contributed by atoms with Crippen LogP contribution in [-0.2, 0) is 16.1 Å². The van der Waals surface area contributed by atoms with Gasteiger partial charge in [-0.3, -0.25) is 9.69 Å². The number of nitrogens with zero attached hydrogens (tertiary/aromatic N) is 2. The predicted molar refractivity (Wildman–Crippen MR) is 109 cm³/mol. The number of likely N-dealkylation sites (tertiary alicyclic amines) is 1. The molecule has 0 aliphatic carbocycles. The average molecular weight is 404 g/mol. The molecule has 148 valence electrons. The summed E-state index contributed by atoms with van der Waals surface area (Å²) in [7, 11) is 0. The molecule has 2 aliphatic rings. The van der Waals surface area contributed by atoms with E-state index >= 15 is 0 Å². The molecule has 1 aromatic carbocycles. The number of hydrogen-bond donors (Lipinski definition) is 1. The number of carbonyl (C=O) groups is 1. The number of morpholine rings is 1. The highest BCUT2D eigenvalue weighted by molar-refractivity contribution is 5.85. The van der Waals surface area contributed by atoms with E-state index in [0.717, 1.165) is 32.6 Å². The van der Waals surface area contributed by atoms with Crippen molar-refractivity contribution in [2.24, 2.45) is 11.7 Å². The molecule has 2 N–H and O–H groups in total. The smallest absolute Gasteiger partial charge is 0.225 e. The molecule has 26 heavy (non-hydrogen) atoms. The number of rotatable bonds is 5. The van der Waals surface area contributed by atoms with Crippen LogP contribution < -0.4 is 5.73 Å². The molecule has 3 atom stereocenters. The molecule has 2 fully saturated rings. The van der Waals surface area contributed by atoms with E-state index in [4.69, 9.17) is 10.5 Å². The number of nitrogens with two attached hydrogens (primary N) is 1. The SMILES string of the molecule is CC1CC(CN)CN1C(=O)CC1CN(Cc2ccccc2)CCO1.Cl.Cl. The van der Waals surface area contributed by atoms with Gasteiger partial charge < -0.3 is 15.4 Å². The van der Waals surface area contributed by atoms with Crippen molar-refractivity contribution in [3.8, 4) is 0 Å². The van der Waals surface area contributed by atoms with Gasteiger partial charge in [0.1, 0.15) is 0 Å². The van der Waals surface area contributed by atoms with Crippen molar-refractivity contribution in [2.45, 2.75) is 38.5 Å². The molecule has 3 rings (SSSR count). The molecule has 0 bridgehead atoms. The molecule has 2 saturated heterocycles. The summed E-state index contributed by atoms with van der Waals surface area (Å²) in [6, 6.07) is 10.8. The van der Waals surface area contributed by atoms with E-state index in [9.17, 15) is 4.79 Å². The second-order valence-electron chi connectivity index (χ2n) is 7.15. The molecule has 1 aromatic rings. The Morgan fingerprint density at radius 2 is 1.96 bits per heavy atom. The lowest BCUT2D eigenvalue weighted by atomic mass is 10.1. The lowest BCUT2D eigenvalue weighted by Crippen LogP contribution is -2.45. The summed E-state index contributed by atoms with van der Waals surface area (Å²) in [5.74, 6) is 0.663. The van der Waals surface area contributed by atoms with Gasteiger partial charge in [0.25, 0.3) is 0 Å². The van der Waals surface area contributed by atoms with E-state index in [-0.39, 0.29) is 36.8 Å². The molecular formula is C19H31Cl2N3O2. The lowest BCUT2D eigenvalue weighted by molar-refractivity contribution is -0.137. The fourth-order valence-corrected chi connectivity index (χ4v) is 3.86. The van der Waals surface area contributed by atoms with E-state index in [0.29, 0.717) is 31.5 Å². The van der Waals surface area contributed by atoms with E-state index in [1.807, 2.05) is 11.0 Å². The van der Waals surface area contributed by atoms with Crippen molar-refractivity contribution in [3.63, 3.8) is 0 Å². The third kappa shape index (κ3) is 6.10. The number of carbonyl (C=O) groups excluding carboxylic acids is 1. The third-order valence-electron chi connectivity index (χ3n) is 5.19. The van der Waals surface area contributed by atoms with E-state index < -0.39 is 0 Å². The van der Waals surface area contributed by atoms with Crippen LogP contribution in [0.3, 0.4) is 0 Å². The van der Waals surface area contributed by atoms with Crippen LogP contribution in [0.25, 0.3) is 0 Å². The molecule has 1 amide bonds. The first kappa shape index (κ1) is 23.2. The summed E-state index contributed by atoms with van der Waals surface area (Å²) in [5, 5.41) is 0. The van der Waals surface area contributed by atoms with Gasteiger partial charge in [0.05, 0.1) is 19.1 Å². The highest BCUT2D eigenvalue weighted by atomic mass is 35.5. The number of halogens is 2. The summed E-state index contributed by atoms with van der Waals surface area (Å²) in [5.41, 5.74) is 7.07. The monoisotopic (exact) mass is 403 g/mol. The van der Waals surface area contributed by atoms with E-state index in [1.165, 1.54) is 5.56 Å². The Kier molecular flexibility index (Phi) is 9.90. The standard InChI is InChI=1S/C19H29N3O2.2ClH/c1-15-9-17(11-20)13-22(15)19(23)10-18-14-21(7-8-24-18)12-16-5-3-2-4-6-16;;/h2-6,15,17-18H,7-14,20H2,1H3;2*1H. The zero-order chi connectivity index (χ0) is 16.9. The van der Waals surface area contributed by atoms with Gasteiger partial charge in [-0.05, 0) is 31.4 Å². The Morgan fingerprint density at radius 1 is 1.23 bits per heavy atom. The zero-order valence-electron chi connectivity index (χ0n) is 15.4. The predicted octanol–water partition coefficient (Wildman–Crippen LogP) is 2.32. The second kappa shape index (κ2) is 11.1. The fourth-order valence-electron chi connectivity index (χ4n) is 3.86. The van der Waals surface area contributed by atoms with Gasteiger partial charge in [-0.1, -0.05) is 30.3 Å². The summed E-state index contributed by atoms with van der Waals surface area (Å²) in [4.78, 5) is 17.0. The summed E-state index contributed by atoms with van der Waals surface area (Å²) >= 11 is 0. The molecule has 0 radical (unpaired) electrons. The van der Waals surface area contributed by atoms with Gasteiger partial charge in [0.15, 0.2) is 0 Å². The van der Waals surface area contributed by atoms with E-state index in [2.05, 4.69) is 36.1 Å². The van der Waals surface area contributed by atoms with Gasteiger partial charge in [0, 0.05) is 32.2 Å². The Balaban J connectivity index is 0.00000169. The van der Waals surface area contributed by atoms with E-state index in [1.54, 1.807) is 0 Å². The Labute approximate surface area is 169 Å². The van der Waals surface area contributed by atoms with Crippen LogP contribution >= 0.6 is 24.8 Å². The molecule has 5 nitrogen and oxygen atoms in total. The second-order valence-corrected chi connectivity index (χ2v) is 7.15. The van der Waals surface area contributed by atoms with Crippen molar-refractivity contribution in [3.05, 3.63) is 35.9 Å². The van der Waals surface area contributed by atoms with Crippen LogP contribution in [0.1, 0.15) is 25.3 Å². The maximum absolute atomic E-state index is 12.6. The van der Waals surface area contributed by atoms with Gasteiger partial charge in [-0.15, -0.1) is 24.8 Å². The highest BCUT2D eigenvalue weighted by Crippen LogP contribution is 2.24. The first-order valence-corrected chi connectivity index (χ1v) is 9.03. The molecule has 0 saturated carbocycles. The van der Waals surface area contributed by atoms with Crippen LogP contribution in [0.15, 0.2) is 30.3 Å². The minimum Gasteiger partial charge on any atom is -0.375 e. The highest BCUT2D eigenvalue weighted by Gasteiger charge is 2.33. The normalized spacial score (nSPS) is 26.1. The third-order valence-corrected chi connectivity index (χ3v) is 5.19. The molecular weight excluding hydrogens is 373 g/mol. The maximum Gasteiger partial charge on any atom is 0.225 e. The molecule has 7 heteroatoms. The molecule has 2 heterocycles. The molecule has 0 spiro atoms. The van der Waals surface area contributed by atoms with Crippen LogP contribution in [0.5, 0.6) is 0 Å². The topological polar surface area (TPSA) is 58.8 Å².